The molecule has 3 aromatic rings. The van der Waals surface area contributed by atoms with E-state index in [0.29, 0.717) is 5.56 Å². The second-order valence-corrected chi connectivity index (χ2v) is 18.2. The van der Waals surface area contributed by atoms with Crippen molar-refractivity contribution in [2.45, 2.75) is 122 Å². The molecule has 1 heterocycles. The van der Waals surface area contributed by atoms with Crippen LogP contribution < -0.4 is 5.32 Å². The largest absolute Gasteiger partial charge is 0.455 e. The first-order valence-electron chi connectivity index (χ1n) is 21.9. The number of rotatable bonds is 12. The summed E-state index contributed by atoms with van der Waals surface area (Å²) in [5, 5.41) is 28.8. The Balaban J connectivity index is 1.42. The van der Waals surface area contributed by atoms with Crippen LogP contribution in [0.25, 0.3) is 0 Å². The van der Waals surface area contributed by atoms with E-state index in [9.17, 15) is 39.0 Å². The zero-order chi connectivity index (χ0) is 47.9. The highest BCUT2D eigenvalue weighted by Crippen LogP contribution is 2.64. The van der Waals surface area contributed by atoms with Gasteiger partial charge in [0.15, 0.2) is 17.5 Å². The number of nitrogens with one attached hydrogen (secondary N) is 1. The van der Waals surface area contributed by atoms with Gasteiger partial charge in [0.25, 0.3) is 5.91 Å². The molecule has 350 valence electrons. The van der Waals surface area contributed by atoms with E-state index >= 15 is 4.79 Å². The summed E-state index contributed by atoms with van der Waals surface area (Å²) in [7, 11) is 0. The Bertz CT molecular complexity index is 2420. The van der Waals surface area contributed by atoms with Gasteiger partial charge in [-0.05, 0) is 54.8 Å². The van der Waals surface area contributed by atoms with E-state index in [0.717, 1.165) is 13.8 Å². The van der Waals surface area contributed by atoms with Crippen molar-refractivity contribution in [3.05, 3.63) is 119 Å². The van der Waals surface area contributed by atoms with Crippen molar-refractivity contribution in [2.24, 2.45) is 16.7 Å². The molecule has 3 fully saturated rings. The minimum Gasteiger partial charge on any atom is -0.455 e. The number of benzene rings is 3. The van der Waals surface area contributed by atoms with Crippen molar-refractivity contribution in [3.63, 3.8) is 0 Å². The summed E-state index contributed by atoms with van der Waals surface area (Å²) in [4.78, 5) is 98.0. The molecule has 2 saturated carbocycles. The number of fused-ring (bicyclic) bond motifs is 5. The maximum Gasteiger partial charge on any atom is 0.350 e. The van der Waals surface area contributed by atoms with E-state index in [2.05, 4.69) is 5.32 Å². The highest BCUT2D eigenvalue weighted by Gasteiger charge is 2.78. The van der Waals surface area contributed by atoms with E-state index < -0.39 is 119 Å². The zero-order valence-corrected chi connectivity index (χ0v) is 37.8. The van der Waals surface area contributed by atoms with Crippen LogP contribution in [0.15, 0.2) is 102 Å². The van der Waals surface area contributed by atoms with Gasteiger partial charge in [-0.3, -0.25) is 24.0 Å². The fraction of sp³-hybridized carbons (Fsp3) is 0.460. The van der Waals surface area contributed by atoms with Crippen LogP contribution in [-0.4, -0.2) is 106 Å². The average molecular weight is 910 g/mol. The summed E-state index contributed by atoms with van der Waals surface area (Å²) >= 11 is 0. The van der Waals surface area contributed by atoms with Crippen molar-refractivity contribution >= 4 is 41.5 Å². The van der Waals surface area contributed by atoms with Crippen LogP contribution in [0.1, 0.15) is 100 Å². The number of carbonyl (C=O) groups is 7. The highest BCUT2D eigenvalue weighted by atomic mass is 16.6. The quantitative estimate of drug-likeness (QED) is 0.127. The Morgan fingerprint density at radius 3 is 1.97 bits per heavy atom. The van der Waals surface area contributed by atoms with E-state index in [4.69, 9.17) is 28.4 Å². The van der Waals surface area contributed by atoms with Crippen LogP contribution in [0, 0.1) is 16.7 Å². The Labute approximate surface area is 381 Å². The molecule has 16 nitrogen and oxygen atoms in total. The van der Waals surface area contributed by atoms with Gasteiger partial charge in [0.2, 0.25) is 6.10 Å². The smallest absolute Gasteiger partial charge is 0.350 e. The molecule has 1 aliphatic heterocycles. The Morgan fingerprint density at radius 2 is 1.42 bits per heavy atom. The minimum atomic E-state index is -2.43. The zero-order valence-electron chi connectivity index (χ0n) is 37.8. The molecule has 3 aliphatic carbocycles. The number of ketones is 1. The number of ether oxygens (including phenoxy) is 6. The molecule has 3 aromatic carbocycles. The number of carbonyl (C=O) groups excluding carboxylic acids is 7. The van der Waals surface area contributed by atoms with Crippen molar-refractivity contribution in [2.75, 3.05) is 6.61 Å². The van der Waals surface area contributed by atoms with Gasteiger partial charge in [0.1, 0.15) is 30.0 Å². The first-order valence-corrected chi connectivity index (χ1v) is 21.9. The van der Waals surface area contributed by atoms with Crippen molar-refractivity contribution < 1.29 is 72.2 Å². The van der Waals surface area contributed by atoms with Gasteiger partial charge >= 0.3 is 29.8 Å². The number of Topliss-reactive ketones (excluding diaryl/α,β-unsaturated/α-hetero) is 1. The number of aliphatic hydroxyl groups excluding tert-OH is 1. The summed E-state index contributed by atoms with van der Waals surface area (Å²) < 4.78 is 36.4. The molecule has 1 amide bonds. The second-order valence-electron chi connectivity index (χ2n) is 18.2. The lowest BCUT2D eigenvalue weighted by Crippen LogP contribution is -2.82. The number of aliphatic hydroxyl groups is 2. The molecule has 11 atom stereocenters. The van der Waals surface area contributed by atoms with Gasteiger partial charge in [-0.15, -0.1) is 0 Å². The summed E-state index contributed by atoms with van der Waals surface area (Å²) in [6.07, 6.45) is -10.7. The maximum absolute atomic E-state index is 15.6. The van der Waals surface area contributed by atoms with Crippen molar-refractivity contribution in [3.8, 4) is 0 Å². The van der Waals surface area contributed by atoms with Crippen LogP contribution in [-0.2, 0) is 52.4 Å². The average Bonchev–Trinajstić information content (AvgIpc) is 3.28. The maximum atomic E-state index is 15.6. The van der Waals surface area contributed by atoms with Gasteiger partial charge in [0.05, 0.1) is 29.6 Å². The second kappa shape index (κ2) is 18.2. The molecule has 7 rings (SSSR count). The third-order valence-electron chi connectivity index (χ3n) is 14.0. The van der Waals surface area contributed by atoms with Crippen LogP contribution in [0.5, 0.6) is 0 Å². The van der Waals surface area contributed by atoms with Gasteiger partial charge < -0.3 is 44.0 Å². The molecule has 66 heavy (non-hydrogen) atoms. The van der Waals surface area contributed by atoms with E-state index in [1.54, 1.807) is 92.7 Å². The Kier molecular flexibility index (Phi) is 13.2. The van der Waals surface area contributed by atoms with Gasteiger partial charge in [-0.1, -0.05) is 87.5 Å². The lowest BCUT2D eigenvalue weighted by atomic mass is 9.44. The fourth-order valence-electron chi connectivity index (χ4n) is 10.5. The molecule has 4 aliphatic rings. The van der Waals surface area contributed by atoms with E-state index in [1.807, 2.05) is 0 Å². The molecular formula is C50H55NO15. The normalized spacial score (nSPS) is 30.5. The SMILES string of the molecule is CCC(=O)O[C@@H](C(=O)O[C@H]1C[C@@]2(O)[C@@H](OC(=O)c3ccccc3)[C@H]3[C@](C)(C(=O)[C@H](OC(C)=O)C(=C1C)C2(C)C)[C@@H](O)CC1OC[C@]13OC(C)=O)[C@@H](NC(=O)c1ccccc1)c1ccccc1. The first kappa shape index (κ1) is 47.7. The van der Waals surface area contributed by atoms with E-state index in [-0.39, 0.29) is 41.7 Å². The molecule has 1 saturated heterocycles. The summed E-state index contributed by atoms with van der Waals surface area (Å²) in [5.41, 5.74) is -7.19. The molecular weight excluding hydrogens is 855 g/mol. The van der Waals surface area contributed by atoms with Crippen LogP contribution in [0.4, 0.5) is 0 Å². The highest BCUT2D eigenvalue weighted by molar-refractivity contribution is 5.96. The number of esters is 5. The van der Waals surface area contributed by atoms with Gasteiger partial charge in [0, 0.05) is 44.1 Å². The third-order valence-corrected chi connectivity index (χ3v) is 14.0. The lowest BCUT2D eigenvalue weighted by Gasteiger charge is -2.67. The minimum absolute atomic E-state index is 0.0190. The number of hydrogen-bond donors (Lipinski definition) is 3. The first-order chi connectivity index (χ1) is 31.2. The lowest BCUT2D eigenvalue weighted by molar-refractivity contribution is -0.346. The predicted octanol–water partition coefficient (Wildman–Crippen LogP) is 4.70. The Hall–Kier alpha value is -6.23. The topological polar surface area (TPSA) is 227 Å². The molecule has 1 unspecified atom stereocenters. The van der Waals surface area contributed by atoms with Crippen LogP contribution in [0.3, 0.4) is 0 Å². The summed E-state index contributed by atoms with van der Waals surface area (Å²) in [5.74, 6) is -7.68. The van der Waals surface area contributed by atoms with Crippen molar-refractivity contribution in [1.82, 2.24) is 5.32 Å². The standard InChI is InChI=1S/C50H55NO15/c1-8-36(55)64-40(38(30-18-12-9-13-19-30)51-44(57)31-20-14-10-15-21-31)46(59)63-33-25-50(60)43(65-45(58)32-22-16-11-17-23-32)41-48(7,34(54)24-35-49(41,26-61-35)66-29(4)53)42(56)39(62-28(3)52)37(27(33)2)47(50,5)6/h9-23,33-35,38-41,43,54,60H,8,24-26H2,1-7H3,(H,51,57)/t33-,34-,35?,38-,39+,40+,41-,43-,48+,49-,50+/m0/s1. The monoisotopic (exact) mass is 909 g/mol. The molecule has 2 bridgehead atoms. The molecule has 0 radical (unpaired) electrons. The molecule has 0 aromatic heterocycles. The van der Waals surface area contributed by atoms with E-state index in [1.165, 1.54) is 32.9 Å². The number of amides is 1. The van der Waals surface area contributed by atoms with Crippen LogP contribution >= 0.6 is 0 Å². The number of hydrogen-bond acceptors (Lipinski definition) is 15. The molecule has 0 spiro atoms. The third kappa shape index (κ3) is 8.19. The molecule has 3 N–H and O–H groups in total. The van der Waals surface area contributed by atoms with Crippen molar-refractivity contribution in [1.29, 1.82) is 0 Å². The summed E-state index contributed by atoms with van der Waals surface area (Å²) in [6, 6.07) is 23.0. The van der Waals surface area contributed by atoms with Gasteiger partial charge in [-0.25, -0.2) is 9.59 Å². The summed E-state index contributed by atoms with van der Waals surface area (Å²) in [6.45, 7) is 9.46. The van der Waals surface area contributed by atoms with Crippen LogP contribution in [0.2, 0.25) is 0 Å². The predicted molar refractivity (Wildman–Crippen MR) is 232 cm³/mol. The molecule has 16 heteroatoms. The fourth-order valence-corrected chi connectivity index (χ4v) is 10.5. The Morgan fingerprint density at radius 1 is 0.833 bits per heavy atom. The van der Waals surface area contributed by atoms with Gasteiger partial charge in [-0.2, -0.15) is 0 Å².